The van der Waals surface area contributed by atoms with E-state index >= 15 is 0 Å². The number of halogens is 3. The Morgan fingerprint density at radius 1 is 1.14 bits per heavy atom. The van der Waals surface area contributed by atoms with Crippen LogP contribution in [0, 0.1) is 11.6 Å². The Hall–Kier alpha value is -2.02. The lowest BCUT2D eigenvalue weighted by Gasteiger charge is -2.15. The standard InChI is InChI=1S/C12H18FN.C9H9ClFNO2/c1-3-4-9-14(2)10-11-5-7-12(13)8-6-11;10-7-5-6(1-3-8(7)11)2-4-9(13)12-14/h5-8H,3-4,9-10H2,1-2H3;1,3,5,14H,2,4H2,(H,12,13). The van der Waals surface area contributed by atoms with Crippen LogP contribution in [-0.4, -0.2) is 29.6 Å². The van der Waals surface area contributed by atoms with Crippen molar-refractivity contribution in [2.75, 3.05) is 13.6 Å². The van der Waals surface area contributed by atoms with Gasteiger partial charge in [-0.3, -0.25) is 10.0 Å². The summed E-state index contributed by atoms with van der Waals surface area (Å²) in [5, 5.41) is 8.26. The first kappa shape index (κ1) is 24.0. The van der Waals surface area contributed by atoms with Crippen molar-refractivity contribution in [2.24, 2.45) is 0 Å². The molecule has 1 amide bonds. The predicted octanol–water partition coefficient (Wildman–Crippen LogP) is 4.97. The molecule has 0 aliphatic heterocycles. The number of hydrogen-bond donors (Lipinski definition) is 2. The normalized spacial score (nSPS) is 10.4. The van der Waals surface area contributed by atoms with Gasteiger partial charge in [0.2, 0.25) is 5.91 Å². The maximum atomic E-state index is 12.7. The molecular weight excluding hydrogens is 386 g/mol. The molecule has 28 heavy (non-hydrogen) atoms. The van der Waals surface area contributed by atoms with Crippen LogP contribution in [0.2, 0.25) is 5.02 Å². The third kappa shape index (κ3) is 9.78. The minimum Gasteiger partial charge on any atom is -0.302 e. The Morgan fingerprint density at radius 3 is 2.36 bits per heavy atom. The van der Waals surface area contributed by atoms with E-state index in [1.807, 2.05) is 12.1 Å². The topological polar surface area (TPSA) is 52.6 Å². The molecule has 2 N–H and O–H groups in total. The van der Waals surface area contributed by atoms with Crippen LogP contribution in [-0.2, 0) is 17.8 Å². The van der Waals surface area contributed by atoms with Gasteiger partial charge in [-0.25, -0.2) is 14.3 Å². The molecule has 0 aromatic heterocycles. The lowest BCUT2D eigenvalue weighted by molar-refractivity contribution is -0.129. The predicted molar refractivity (Wildman–Crippen MR) is 107 cm³/mol. The van der Waals surface area contributed by atoms with Gasteiger partial charge >= 0.3 is 0 Å². The number of unbranched alkanes of at least 4 members (excludes halogenated alkanes) is 1. The highest BCUT2D eigenvalue weighted by molar-refractivity contribution is 6.30. The number of nitrogens with one attached hydrogen (secondary N) is 1. The number of hydrogen-bond acceptors (Lipinski definition) is 3. The fourth-order valence-electron chi connectivity index (χ4n) is 2.42. The first-order valence-electron chi connectivity index (χ1n) is 9.15. The average Bonchev–Trinajstić information content (AvgIpc) is 2.69. The lowest BCUT2D eigenvalue weighted by atomic mass is 10.1. The zero-order valence-electron chi connectivity index (χ0n) is 16.2. The van der Waals surface area contributed by atoms with Crippen LogP contribution in [0.4, 0.5) is 8.78 Å². The van der Waals surface area contributed by atoms with Crippen molar-refractivity contribution in [2.45, 2.75) is 39.2 Å². The van der Waals surface area contributed by atoms with Gasteiger partial charge in [0.1, 0.15) is 11.6 Å². The fourth-order valence-corrected chi connectivity index (χ4v) is 2.62. The summed E-state index contributed by atoms with van der Waals surface area (Å²) >= 11 is 5.54. The maximum absolute atomic E-state index is 12.7. The van der Waals surface area contributed by atoms with Crippen LogP contribution in [0.3, 0.4) is 0 Å². The van der Waals surface area contributed by atoms with Crippen molar-refractivity contribution >= 4 is 17.5 Å². The van der Waals surface area contributed by atoms with Crippen LogP contribution >= 0.6 is 11.6 Å². The summed E-state index contributed by atoms with van der Waals surface area (Å²) in [6, 6.07) is 11.0. The van der Waals surface area contributed by atoms with Crippen molar-refractivity contribution in [3.63, 3.8) is 0 Å². The lowest BCUT2D eigenvalue weighted by Crippen LogP contribution is -2.18. The molecule has 0 saturated heterocycles. The van der Waals surface area contributed by atoms with Gasteiger partial charge in [0, 0.05) is 13.0 Å². The SMILES string of the molecule is CCCCN(C)Cc1ccc(F)cc1.O=C(CCc1ccc(F)c(Cl)c1)NO. The summed E-state index contributed by atoms with van der Waals surface area (Å²) in [6.07, 6.45) is 2.98. The Morgan fingerprint density at radius 2 is 1.79 bits per heavy atom. The molecule has 0 unspecified atom stereocenters. The van der Waals surface area contributed by atoms with Gasteiger partial charge in [0.15, 0.2) is 0 Å². The van der Waals surface area contributed by atoms with Crippen LogP contribution in [0.25, 0.3) is 0 Å². The van der Waals surface area contributed by atoms with Gasteiger partial charge in [-0.1, -0.05) is 43.1 Å². The minimum atomic E-state index is -0.484. The van der Waals surface area contributed by atoms with Gasteiger partial charge in [-0.15, -0.1) is 0 Å². The summed E-state index contributed by atoms with van der Waals surface area (Å²) in [5.74, 6) is -1.13. The zero-order valence-corrected chi connectivity index (χ0v) is 17.0. The van der Waals surface area contributed by atoms with Crippen LogP contribution in [0.1, 0.15) is 37.3 Å². The maximum Gasteiger partial charge on any atom is 0.243 e. The number of carbonyl (C=O) groups is 1. The second-order valence-electron chi connectivity index (χ2n) is 6.50. The molecule has 0 radical (unpaired) electrons. The number of nitrogens with zero attached hydrogens (tertiary/aromatic N) is 1. The minimum absolute atomic E-state index is 0.0342. The summed E-state index contributed by atoms with van der Waals surface area (Å²) in [7, 11) is 2.10. The van der Waals surface area contributed by atoms with E-state index in [0.717, 1.165) is 18.7 Å². The highest BCUT2D eigenvalue weighted by atomic mass is 35.5. The van der Waals surface area contributed by atoms with E-state index in [4.69, 9.17) is 16.8 Å². The van der Waals surface area contributed by atoms with Crippen LogP contribution in [0.5, 0.6) is 0 Å². The molecule has 0 aliphatic carbocycles. The van der Waals surface area contributed by atoms with Gasteiger partial charge < -0.3 is 4.90 Å². The van der Waals surface area contributed by atoms with E-state index in [1.54, 1.807) is 6.07 Å². The van der Waals surface area contributed by atoms with E-state index in [9.17, 15) is 13.6 Å². The molecule has 0 fully saturated rings. The largest absolute Gasteiger partial charge is 0.302 e. The monoisotopic (exact) mass is 412 g/mol. The highest BCUT2D eigenvalue weighted by Gasteiger charge is 2.03. The first-order valence-corrected chi connectivity index (χ1v) is 9.53. The van der Waals surface area contributed by atoms with Crippen LogP contribution in [0.15, 0.2) is 42.5 Å². The van der Waals surface area contributed by atoms with Crippen molar-refractivity contribution in [3.8, 4) is 0 Å². The summed E-state index contributed by atoms with van der Waals surface area (Å²) in [6.45, 7) is 4.19. The van der Waals surface area contributed by atoms with E-state index in [0.29, 0.717) is 6.42 Å². The Labute approximate surface area is 170 Å². The number of carbonyl (C=O) groups excluding carboxylic acids is 1. The Kier molecular flexibility index (Phi) is 11.3. The zero-order chi connectivity index (χ0) is 20.9. The Balaban J connectivity index is 0.000000280. The quantitative estimate of drug-likeness (QED) is 0.475. The summed E-state index contributed by atoms with van der Waals surface area (Å²) in [5.41, 5.74) is 3.44. The number of amides is 1. The molecule has 4 nitrogen and oxygen atoms in total. The van der Waals surface area contributed by atoms with Crippen LogP contribution < -0.4 is 5.48 Å². The molecule has 2 aromatic carbocycles. The number of aryl methyl sites for hydroxylation is 1. The van der Waals surface area contributed by atoms with Gasteiger partial charge in [-0.05, 0) is 61.8 Å². The fraction of sp³-hybridized carbons (Fsp3) is 0.381. The molecule has 0 atom stereocenters. The van der Waals surface area contributed by atoms with E-state index in [-0.39, 0.29) is 17.3 Å². The first-order chi connectivity index (χ1) is 13.3. The molecule has 2 aromatic rings. The third-order valence-electron chi connectivity index (χ3n) is 4.01. The van der Waals surface area contributed by atoms with Crippen molar-refractivity contribution < 1.29 is 18.8 Å². The van der Waals surface area contributed by atoms with Gasteiger partial charge in [-0.2, -0.15) is 0 Å². The van der Waals surface area contributed by atoms with Crippen molar-refractivity contribution in [3.05, 3.63) is 70.2 Å². The number of hydroxylamine groups is 1. The molecule has 0 heterocycles. The molecule has 0 saturated carbocycles. The van der Waals surface area contributed by atoms with Crippen molar-refractivity contribution in [1.82, 2.24) is 10.4 Å². The van der Waals surface area contributed by atoms with Gasteiger partial charge in [0.25, 0.3) is 0 Å². The highest BCUT2D eigenvalue weighted by Crippen LogP contribution is 2.16. The molecule has 7 heteroatoms. The van der Waals surface area contributed by atoms with E-state index in [1.165, 1.54) is 48.2 Å². The number of rotatable bonds is 8. The molecule has 0 spiro atoms. The molecule has 154 valence electrons. The van der Waals surface area contributed by atoms with E-state index in [2.05, 4.69) is 18.9 Å². The number of benzene rings is 2. The van der Waals surface area contributed by atoms with E-state index < -0.39 is 11.7 Å². The smallest absolute Gasteiger partial charge is 0.243 e. The summed E-state index contributed by atoms with van der Waals surface area (Å²) < 4.78 is 25.3. The third-order valence-corrected chi connectivity index (χ3v) is 4.30. The molecule has 0 aliphatic rings. The Bertz CT molecular complexity index is 727. The second kappa shape index (κ2) is 13.2. The molecule has 0 bridgehead atoms. The van der Waals surface area contributed by atoms with Crippen molar-refractivity contribution in [1.29, 1.82) is 0 Å². The van der Waals surface area contributed by atoms with Gasteiger partial charge in [0.05, 0.1) is 5.02 Å². The molecular formula is C21H27ClF2N2O2. The average molecular weight is 413 g/mol. The molecule has 2 rings (SSSR count). The summed E-state index contributed by atoms with van der Waals surface area (Å²) in [4.78, 5) is 12.9. The second-order valence-corrected chi connectivity index (χ2v) is 6.91.